The van der Waals surface area contributed by atoms with Crippen molar-refractivity contribution in [2.24, 2.45) is 0 Å². The molecule has 0 aromatic rings. The Morgan fingerprint density at radius 3 is 1.37 bits per heavy atom. The third kappa shape index (κ3) is 39.0. The van der Waals surface area contributed by atoms with Gasteiger partial charge in [-0.2, -0.15) is 0 Å². The minimum Gasteiger partial charge on any atom is -0.394 e. The SMILES string of the molecule is CC/C=C\C/C=C\C/C=C\C/C=C\CCCCCCCCCCCCCCCCCCCCCCC(=O)NC(COC1OC(CO)C(O)C(O)C1O)C(O)/C=C/CC/C=C/CC/C=C/CCCCCC. The van der Waals surface area contributed by atoms with Crippen molar-refractivity contribution in [3.8, 4) is 0 Å². The highest BCUT2D eigenvalue weighted by Crippen LogP contribution is 2.23. The number of carbonyl (C=O) groups excluding carboxylic acids is 1. The predicted octanol–water partition coefficient (Wildman–Crippen LogP) is 14.2. The van der Waals surface area contributed by atoms with Gasteiger partial charge in [0.1, 0.15) is 24.4 Å². The van der Waals surface area contributed by atoms with E-state index in [1.807, 2.05) is 6.08 Å². The summed E-state index contributed by atoms with van der Waals surface area (Å²) in [5.74, 6) is -0.192. The Hall–Kier alpha value is -2.63. The van der Waals surface area contributed by atoms with E-state index >= 15 is 0 Å². The fourth-order valence-electron chi connectivity index (χ4n) is 8.65. The zero-order valence-electron chi connectivity index (χ0n) is 44.7. The van der Waals surface area contributed by atoms with Crippen LogP contribution < -0.4 is 5.32 Å². The van der Waals surface area contributed by atoms with Crippen molar-refractivity contribution in [2.45, 2.75) is 281 Å². The number of ether oxygens (including phenoxy) is 2. The van der Waals surface area contributed by atoms with E-state index in [0.717, 1.165) is 77.0 Å². The highest BCUT2D eigenvalue weighted by molar-refractivity contribution is 5.76. The Labute approximate surface area is 429 Å². The number of allylic oxidation sites excluding steroid dienone is 13. The monoisotopic (exact) mass is 982 g/mol. The van der Waals surface area contributed by atoms with Crippen molar-refractivity contribution in [3.05, 3.63) is 85.1 Å². The topological polar surface area (TPSA) is 149 Å². The lowest BCUT2D eigenvalue weighted by Gasteiger charge is -2.40. The summed E-state index contributed by atoms with van der Waals surface area (Å²) in [4.78, 5) is 13.0. The van der Waals surface area contributed by atoms with E-state index in [2.05, 4.69) is 92.1 Å². The standard InChI is InChI=1S/C61H107NO8/c1-3-5-7-9-11-13-15-17-19-20-21-22-23-24-25-26-27-28-29-30-31-32-33-34-35-36-37-39-41-43-45-47-49-51-57(65)62-54(53-69-61-60(68)59(67)58(66)56(52-63)70-61)55(64)50-48-46-44-42-40-38-18-16-14-12-10-8-6-4-2/h5,7,11,13-14,16-17,19,21-22,40,42,48,50,54-56,58-61,63-64,66-68H,3-4,6,8-10,12,15,18,20,23-39,41,43-47,49,51-53H2,1-2H3,(H,62,65)/b7-5-,13-11-,16-14+,19-17-,22-21-,42-40+,50-48+. The minimum atomic E-state index is -1.58. The summed E-state index contributed by atoms with van der Waals surface area (Å²) < 4.78 is 11.2. The van der Waals surface area contributed by atoms with E-state index in [1.165, 1.54) is 141 Å². The van der Waals surface area contributed by atoms with E-state index in [1.54, 1.807) is 6.08 Å². The fraction of sp³-hybridized carbons (Fsp3) is 0.754. The number of nitrogens with one attached hydrogen (secondary N) is 1. The Kier molecular flexibility index (Phi) is 46.6. The van der Waals surface area contributed by atoms with Gasteiger partial charge in [-0.25, -0.2) is 0 Å². The molecule has 1 amide bonds. The number of amides is 1. The van der Waals surface area contributed by atoms with Crippen LogP contribution in [0.1, 0.15) is 239 Å². The van der Waals surface area contributed by atoms with Crippen LogP contribution in [-0.4, -0.2) is 87.5 Å². The van der Waals surface area contributed by atoms with Crippen molar-refractivity contribution in [1.29, 1.82) is 0 Å². The molecule has 0 radical (unpaired) electrons. The van der Waals surface area contributed by atoms with Gasteiger partial charge in [-0.05, 0) is 83.5 Å². The van der Waals surface area contributed by atoms with Gasteiger partial charge < -0.3 is 40.3 Å². The van der Waals surface area contributed by atoms with Gasteiger partial charge in [0.15, 0.2) is 6.29 Å². The van der Waals surface area contributed by atoms with Crippen LogP contribution in [0, 0.1) is 0 Å². The molecule has 0 saturated carbocycles. The Balaban J connectivity index is 2.14. The molecule has 7 atom stereocenters. The van der Waals surface area contributed by atoms with Crippen molar-refractivity contribution in [2.75, 3.05) is 13.2 Å². The first-order chi connectivity index (χ1) is 34.3. The number of hydrogen-bond donors (Lipinski definition) is 6. The number of hydrogen-bond acceptors (Lipinski definition) is 8. The molecule has 70 heavy (non-hydrogen) atoms. The molecule has 7 unspecified atom stereocenters. The molecule has 0 bridgehead atoms. The Bertz CT molecular complexity index is 1370. The van der Waals surface area contributed by atoms with Gasteiger partial charge in [0.25, 0.3) is 0 Å². The van der Waals surface area contributed by atoms with Gasteiger partial charge in [0.2, 0.25) is 5.91 Å². The largest absolute Gasteiger partial charge is 0.394 e. The van der Waals surface area contributed by atoms with Crippen LogP contribution in [0.15, 0.2) is 85.1 Å². The number of carbonyl (C=O) groups is 1. The van der Waals surface area contributed by atoms with Crippen LogP contribution in [-0.2, 0) is 14.3 Å². The summed E-state index contributed by atoms with van der Waals surface area (Å²) in [7, 11) is 0. The lowest BCUT2D eigenvalue weighted by molar-refractivity contribution is -0.302. The average Bonchev–Trinajstić information content (AvgIpc) is 3.36. The van der Waals surface area contributed by atoms with Gasteiger partial charge in [-0.3, -0.25) is 4.79 Å². The molecule has 1 fully saturated rings. The number of aliphatic hydroxyl groups is 5. The first-order valence-electron chi connectivity index (χ1n) is 28.8. The second-order valence-electron chi connectivity index (χ2n) is 19.7. The summed E-state index contributed by atoms with van der Waals surface area (Å²) >= 11 is 0. The average molecular weight is 983 g/mol. The maximum absolute atomic E-state index is 13.0. The quantitative estimate of drug-likeness (QED) is 0.0261. The maximum atomic E-state index is 13.0. The predicted molar refractivity (Wildman–Crippen MR) is 295 cm³/mol. The third-order valence-corrected chi connectivity index (χ3v) is 13.2. The van der Waals surface area contributed by atoms with Gasteiger partial charge >= 0.3 is 0 Å². The zero-order chi connectivity index (χ0) is 50.8. The highest BCUT2D eigenvalue weighted by atomic mass is 16.7. The smallest absolute Gasteiger partial charge is 0.220 e. The number of unbranched alkanes of at least 4 members (excludes halogenated alkanes) is 26. The van der Waals surface area contributed by atoms with Crippen molar-refractivity contribution < 1.29 is 39.8 Å². The molecule has 0 aromatic carbocycles. The van der Waals surface area contributed by atoms with Gasteiger partial charge in [-0.15, -0.1) is 0 Å². The summed E-state index contributed by atoms with van der Waals surface area (Å²) in [6.07, 6.45) is 63.8. The first kappa shape index (κ1) is 65.4. The summed E-state index contributed by atoms with van der Waals surface area (Å²) in [5.41, 5.74) is 0. The summed E-state index contributed by atoms with van der Waals surface area (Å²) in [6, 6.07) is -0.830. The minimum absolute atomic E-state index is 0.192. The molecular formula is C61H107NO8. The fourth-order valence-corrected chi connectivity index (χ4v) is 8.65. The van der Waals surface area contributed by atoms with E-state index in [9.17, 15) is 30.3 Å². The first-order valence-corrected chi connectivity index (χ1v) is 28.8. The van der Waals surface area contributed by atoms with Crippen molar-refractivity contribution >= 4 is 5.91 Å². The molecule has 1 aliphatic heterocycles. The molecule has 9 heteroatoms. The van der Waals surface area contributed by atoms with E-state index in [4.69, 9.17) is 9.47 Å². The normalized spacial score (nSPS) is 20.0. The lowest BCUT2D eigenvalue weighted by atomic mass is 9.99. The molecule has 0 aromatic heterocycles. The molecule has 1 saturated heterocycles. The molecule has 1 rings (SSSR count). The molecule has 0 aliphatic carbocycles. The molecule has 0 spiro atoms. The van der Waals surface area contributed by atoms with Crippen LogP contribution in [0.2, 0.25) is 0 Å². The second kappa shape index (κ2) is 49.9. The maximum Gasteiger partial charge on any atom is 0.220 e. The zero-order valence-corrected chi connectivity index (χ0v) is 44.7. The molecule has 1 heterocycles. The van der Waals surface area contributed by atoms with Gasteiger partial charge in [0, 0.05) is 6.42 Å². The van der Waals surface area contributed by atoms with E-state index in [-0.39, 0.29) is 12.5 Å². The van der Waals surface area contributed by atoms with Crippen LogP contribution in [0.3, 0.4) is 0 Å². The van der Waals surface area contributed by atoms with Crippen molar-refractivity contribution in [3.63, 3.8) is 0 Å². The highest BCUT2D eigenvalue weighted by Gasteiger charge is 2.44. The van der Waals surface area contributed by atoms with E-state index < -0.39 is 49.5 Å². The van der Waals surface area contributed by atoms with E-state index in [0.29, 0.717) is 6.42 Å². The number of aliphatic hydroxyl groups excluding tert-OH is 5. The Morgan fingerprint density at radius 1 is 0.500 bits per heavy atom. The van der Waals surface area contributed by atoms with Crippen LogP contribution in [0.25, 0.3) is 0 Å². The number of rotatable bonds is 48. The van der Waals surface area contributed by atoms with Crippen LogP contribution >= 0.6 is 0 Å². The van der Waals surface area contributed by atoms with Crippen LogP contribution in [0.4, 0.5) is 0 Å². The molecule has 1 aliphatic rings. The molecule has 404 valence electrons. The third-order valence-electron chi connectivity index (χ3n) is 13.2. The van der Waals surface area contributed by atoms with Gasteiger partial charge in [-0.1, -0.05) is 234 Å². The summed E-state index contributed by atoms with van der Waals surface area (Å²) in [5, 5.41) is 54.4. The summed E-state index contributed by atoms with van der Waals surface area (Å²) in [6.45, 7) is 3.62. The lowest BCUT2D eigenvalue weighted by Crippen LogP contribution is -2.60. The van der Waals surface area contributed by atoms with Crippen molar-refractivity contribution in [1.82, 2.24) is 5.32 Å². The van der Waals surface area contributed by atoms with Gasteiger partial charge in [0.05, 0.1) is 25.4 Å². The Morgan fingerprint density at radius 2 is 0.900 bits per heavy atom. The van der Waals surface area contributed by atoms with Crippen LogP contribution in [0.5, 0.6) is 0 Å². The second-order valence-corrected chi connectivity index (χ2v) is 19.7. The molecular weight excluding hydrogens is 875 g/mol. The molecule has 6 N–H and O–H groups in total. The molecule has 9 nitrogen and oxygen atoms in total.